The first-order valence-electron chi connectivity index (χ1n) is 6.23. The van der Waals surface area contributed by atoms with Crippen molar-refractivity contribution >= 4 is 29.1 Å². The van der Waals surface area contributed by atoms with Crippen LogP contribution in [0.2, 0.25) is 0 Å². The third-order valence-corrected chi connectivity index (χ3v) is 3.19. The Balaban J connectivity index is 2.34. The van der Waals surface area contributed by atoms with Crippen LogP contribution in [-0.2, 0) is 9.53 Å². The predicted molar refractivity (Wildman–Crippen MR) is 75.3 cm³/mol. The van der Waals surface area contributed by atoms with Crippen molar-refractivity contribution in [1.82, 2.24) is 9.97 Å². The van der Waals surface area contributed by atoms with Crippen LogP contribution in [0.3, 0.4) is 0 Å². The normalized spacial score (nSPS) is 17.7. The summed E-state index contributed by atoms with van der Waals surface area (Å²) in [5.74, 6) is -1.38. The molecule has 110 valence electrons. The van der Waals surface area contributed by atoms with Gasteiger partial charge in [0.25, 0.3) is 0 Å². The van der Waals surface area contributed by atoms with Crippen molar-refractivity contribution in [1.29, 1.82) is 0 Å². The predicted octanol–water partition coefficient (Wildman–Crippen LogP) is 2.47. The molecule has 0 amide bonds. The van der Waals surface area contributed by atoms with E-state index >= 15 is 0 Å². The fourth-order valence-corrected chi connectivity index (χ4v) is 2.19. The molecule has 8 heteroatoms. The topological polar surface area (TPSA) is 95.2 Å². The van der Waals surface area contributed by atoms with Crippen molar-refractivity contribution in [3.05, 3.63) is 45.3 Å². The summed E-state index contributed by atoms with van der Waals surface area (Å²) in [6.07, 6.45) is 6.36. The van der Waals surface area contributed by atoms with E-state index in [0.717, 1.165) is 0 Å². The first kappa shape index (κ1) is 15.1. The van der Waals surface area contributed by atoms with Crippen LogP contribution < -0.4 is 0 Å². The van der Waals surface area contributed by atoms with E-state index in [9.17, 15) is 14.9 Å². The zero-order valence-corrected chi connectivity index (χ0v) is 11.9. The van der Waals surface area contributed by atoms with E-state index in [2.05, 4.69) is 9.97 Å². The fraction of sp³-hybridized carbons (Fsp3) is 0.308. The summed E-state index contributed by atoms with van der Waals surface area (Å²) in [4.78, 5) is 29.2. The summed E-state index contributed by atoms with van der Waals surface area (Å²) in [5, 5.41) is 11.0. The number of hydrogen-bond acceptors (Lipinski definition) is 6. The van der Waals surface area contributed by atoms with E-state index < -0.39 is 16.8 Å². The molecule has 0 aliphatic heterocycles. The quantitative estimate of drug-likeness (QED) is 0.481. The molecular formula is C13H12ClN3O4. The largest absolute Gasteiger partial charge is 0.468 e. The number of nitrogens with zero attached hydrogens (tertiary/aromatic N) is 3. The molecule has 0 aromatic carbocycles. The maximum atomic E-state index is 12.0. The highest BCUT2D eigenvalue weighted by atomic mass is 35.5. The number of rotatable bonds is 4. The molecule has 1 atom stereocenters. The summed E-state index contributed by atoms with van der Waals surface area (Å²) in [6.45, 7) is 2.00. The van der Waals surface area contributed by atoms with Gasteiger partial charge in [-0.1, -0.05) is 27.6 Å². The molecule has 2 rings (SSSR count). The van der Waals surface area contributed by atoms with Crippen molar-refractivity contribution in [2.75, 3.05) is 6.61 Å². The second kappa shape index (κ2) is 6.45. The maximum Gasteiger partial charge on any atom is 0.468 e. The number of halogens is 1. The molecule has 1 aliphatic carbocycles. The van der Waals surface area contributed by atoms with Gasteiger partial charge < -0.3 is 14.9 Å². The minimum Gasteiger partial charge on any atom is -0.466 e. The first-order valence-corrected chi connectivity index (χ1v) is 6.61. The number of carbonyl (C=O) groups excluding carboxylic acids is 1. The Bertz CT molecular complexity index is 625. The van der Waals surface area contributed by atoms with Crippen LogP contribution in [0.25, 0.3) is 5.57 Å². The van der Waals surface area contributed by atoms with Gasteiger partial charge in [0.2, 0.25) is 0 Å². The standard InChI is InChI=1S/C13H12ClN3O4/c1-2-21-12(18)10-4-3-9(14)5-11(10)8-6-15-13(16-7-8)17(19)20/h3,5-7,10H,2,4H2,1H3. The summed E-state index contributed by atoms with van der Waals surface area (Å²) in [6, 6.07) is 0. The average Bonchev–Trinajstić information content (AvgIpc) is 2.47. The number of ether oxygens (including phenoxy) is 1. The number of esters is 1. The maximum absolute atomic E-state index is 12.0. The van der Waals surface area contributed by atoms with Gasteiger partial charge in [0, 0.05) is 10.6 Å². The Morgan fingerprint density at radius 1 is 1.52 bits per heavy atom. The molecular weight excluding hydrogens is 298 g/mol. The molecule has 0 spiro atoms. The molecule has 0 radical (unpaired) electrons. The average molecular weight is 310 g/mol. The molecule has 0 saturated carbocycles. The number of hydrogen-bond donors (Lipinski definition) is 0. The van der Waals surface area contributed by atoms with Crippen LogP contribution in [0.1, 0.15) is 18.9 Å². The van der Waals surface area contributed by atoms with Gasteiger partial charge in [-0.2, -0.15) is 0 Å². The van der Waals surface area contributed by atoms with Gasteiger partial charge in [0.1, 0.15) is 12.4 Å². The van der Waals surface area contributed by atoms with Gasteiger partial charge in [0.15, 0.2) is 0 Å². The van der Waals surface area contributed by atoms with Gasteiger partial charge in [-0.3, -0.25) is 4.79 Å². The molecule has 21 heavy (non-hydrogen) atoms. The van der Waals surface area contributed by atoms with E-state index in [1.807, 2.05) is 0 Å². The number of aromatic nitrogens is 2. The minimum absolute atomic E-state index is 0.275. The lowest BCUT2D eigenvalue weighted by molar-refractivity contribution is -0.394. The molecule has 0 fully saturated rings. The Labute approximate surface area is 125 Å². The second-order valence-corrected chi connectivity index (χ2v) is 4.69. The lowest BCUT2D eigenvalue weighted by atomic mass is 9.88. The van der Waals surface area contributed by atoms with Gasteiger partial charge in [-0.05, 0) is 29.9 Å². The Morgan fingerprint density at radius 2 is 2.19 bits per heavy atom. The molecule has 1 heterocycles. The Morgan fingerprint density at radius 3 is 2.76 bits per heavy atom. The van der Waals surface area contributed by atoms with E-state index in [-0.39, 0.29) is 12.6 Å². The summed E-state index contributed by atoms with van der Waals surface area (Å²) in [5.41, 5.74) is 1.10. The smallest absolute Gasteiger partial charge is 0.466 e. The van der Waals surface area contributed by atoms with Crippen molar-refractivity contribution < 1.29 is 14.5 Å². The highest BCUT2D eigenvalue weighted by molar-refractivity contribution is 6.32. The molecule has 1 aromatic rings. The minimum atomic E-state index is -0.686. The van der Waals surface area contributed by atoms with Crippen LogP contribution in [0.4, 0.5) is 5.95 Å². The SMILES string of the molecule is CCOC(=O)C1CC=C(Cl)C=C1c1cnc([N+](=O)[O-])nc1. The number of nitro groups is 1. The third-order valence-electron chi connectivity index (χ3n) is 2.92. The van der Waals surface area contributed by atoms with Gasteiger partial charge >= 0.3 is 11.9 Å². The molecule has 0 saturated heterocycles. The van der Waals surface area contributed by atoms with Crippen LogP contribution in [0, 0.1) is 16.0 Å². The van der Waals surface area contributed by atoms with Crippen molar-refractivity contribution in [3.63, 3.8) is 0 Å². The van der Waals surface area contributed by atoms with Crippen molar-refractivity contribution in [2.24, 2.45) is 5.92 Å². The Kier molecular flexibility index (Phi) is 4.64. The van der Waals surface area contributed by atoms with E-state index in [1.165, 1.54) is 12.4 Å². The van der Waals surface area contributed by atoms with E-state index in [4.69, 9.17) is 16.3 Å². The van der Waals surface area contributed by atoms with Gasteiger partial charge in [0.05, 0.1) is 12.5 Å². The van der Waals surface area contributed by atoms with Crippen LogP contribution in [0.15, 0.2) is 29.6 Å². The molecule has 0 bridgehead atoms. The first-order chi connectivity index (χ1) is 10.0. The van der Waals surface area contributed by atoms with E-state index in [0.29, 0.717) is 22.6 Å². The van der Waals surface area contributed by atoms with Gasteiger partial charge in [-0.15, -0.1) is 0 Å². The number of carbonyl (C=O) groups is 1. The molecule has 1 aromatic heterocycles. The highest BCUT2D eigenvalue weighted by Gasteiger charge is 2.28. The summed E-state index contributed by atoms with van der Waals surface area (Å²) < 4.78 is 5.03. The second-order valence-electron chi connectivity index (χ2n) is 4.26. The van der Waals surface area contributed by atoms with E-state index in [1.54, 1.807) is 19.1 Å². The van der Waals surface area contributed by atoms with Crippen LogP contribution in [0.5, 0.6) is 0 Å². The molecule has 1 unspecified atom stereocenters. The van der Waals surface area contributed by atoms with Crippen molar-refractivity contribution in [3.8, 4) is 0 Å². The monoisotopic (exact) mass is 309 g/mol. The highest BCUT2D eigenvalue weighted by Crippen LogP contribution is 2.33. The molecule has 7 nitrogen and oxygen atoms in total. The third kappa shape index (κ3) is 3.43. The van der Waals surface area contributed by atoms with Crippen LogP contribution >= 0.6 is 11.6 Å². The lowest BCUT2D eigenvalue weighted by Gasteiger charge is -2.20. The number of allylic oxidation sites excluding steroid dienone is 3. The van der Waals surface area contributed by atoms with Crippen molar-refractivity contribution in [2.45, 2.75) is 13.3 Å². The molecule has 1 aliphatic rings. The van der Waals surface area contributed by atoms with Gasteiger partial charge in [-0.25, -0.2) is 0 Å². The zero-order valence-electron chi connectivity index (χ0n) is 11.2. The fourth-order valence-electron chi connectivity index (χ4n) is 1.98. The Hall–Kier alpha value is -2.28. The zero-order chi connectivity index (χ0) is 15.4. The van der Waals surface area contributed by atoms with Crippen LogP contribution in [-0.4, -0.2) is 27.5 Å². The molecule has 0 N–H and O–H groups in total. The summed E-state index contributed by atoms with van der Waals surface area (Å²) in [7, 11) is 0. The lowest BCUT2D eigenvalue weighted by Crippen LogP contribution is -2.20. The summed E-state index contributed by atoms with van der Waals surface area (Å²) >= 11 is 5.97.